The summed E-state index contributed by atoms with van der Waals surface area (Å²) in [7, 11) is 0. The summed E-state index contributed by atoms with van der Waals surface area (Å²) in [5.41, 5.74) is 15.7. The Kier molecular flexibility index (Phi) is 7.57. The highest BCUT2D eigenvalue weighted by Gasteiger charge is 2.19. The van der Waals surface area contributed by atoms with E-state index in [2.05, 4.69) is 227 Å². The van der Waals surface area contributed by atoms with Crippen LogP contribution in [0.4, 0.5) is 0 Å². The van der Waals surface area contributed by atoms with Crippen molar-refractivity contribution >= 4 is 70.9 Å². The van der Waals surface area contributed by atoms with Gasteiger partial charge < -0.3 is 0 Å². The van der Waals surface area contributed by atoms with E-state index in [9.17, 15) is 0 Å². The Balaban J connectivity index is 0.930. The Labute approximate surface area is 357 Å². The first-order valence-corrected chi connectivity index (χ1v) is 21.2. The fourth-order valence-electron chi connectivity index (χ4n) is 9.91. The van der Waals surface area contributed by atoms with Crippen molar-refractivity contribution in [2.75, 3.05) is 0 Å². The van der Waals surface area contributed by atoms with Gasteiger partial charge in [0.15, 0.2) is 0 Å². The molecular formula is C58H36N4. The number of para-hydroxylation sites is 5. The highest BCUT2D eigenvalue weighted by molar-refractivity contribution is 6.21. The standard InChI is InChI=1S/C58H36N4/c1-2-14-42(15-3-1)61-52-24-12-10-22-50(52)59-57(61)40-32-30-39(31-33-40)56-47-19-7-5-17-45(47)55(46-18-6-8-20-48(46)56)38-28-26-37(27-29-38)41-34-35-44-43-16-4-9-21-49(43)58-60-51-23-11-13-25-53(51)62(58)54(44)36-41/h1-36H. The number of aromatic nitrogens is 4. The van der Waals surface area contributed by atoms with Crippen LogP contribution in [0, 0.1) is 0 Å². The van der Waals surface area contributed by atoms with E-state index in [0.29, 0.717) is 0 Å². The van der Waals surface area contributed by atoms with Crippen LogP contribution in [0.25, 0.3) is 121 Å². The van der Waals surface area contributed by atoms with Crippen LogP contribution in [0.15, 0.2) is 218 Å². The molecule has 13 aromatic rings. The Hall–Kier alpha value is -8.34. The van der Waals surface area contributed by atoms with E-state index in [1.165, 1.54) is 65.7 Å². The fourth-order valence-corrected chi connectivity index (χ4v) is 9.91. The Morgan fingerprint density at radius 3 is 1.39 bits per heavy atom. The van der Waals surface area contributed by atoms with Gasteiger partial charge in [-0.1, -0.05) is 176 Å². The van der Waals surface area contributed by atoms with Crippen LogP contribution in [0.1, 0.15) is 0 Å². The van der Waals surface area contributed by atoms with Crippen molar-refractivity contribution in [3.05, 3.63) is 218 Å². The first-order valence-electron chi connectivity index (χ1n) is 21.2. The van der Waals surface area contributed by atoms with Gasteiger partial charge in [0.25, 0.3) is 0 Å². The second kappa shape index (κ2) is 13.6. The summed E-state index contributed by atoms with van der Waals surface area (Å²) in [6, 6.07) is 78.7. The Morgan fingerprint density at radius 1 is 0.290 bits per heavy atom. The molecule has 13 rings (SSSR count). The van der Waals surface area contributed by atoms with Crippen LogP contribution in [-0.4, -0.2) is 18.9 Å². The van der Waals surface area contributed by atoms with Crippen molar-refractivity contribution in [1.82, 2.24) is 18.9 Å². The van der Waals surface area contributed by atoms with Gasteiger partial charge in [-0.2, -0.15) is 0 Å². The monoisotopic (exact) mass is 788 g/mol. The number of hydrogen-bond acceptors (Lipinski definition) is 2. The average Bonchev–Trinajstić information content (AvgIpc) is 3.94. The predicted octanol–water partition coefficient (Wildman–Crippen LogP) is 15.1. The molecule has 0 atom stereocenters. The van der Waals surface area contributed by atoms with E-state index in [0.717, 1.165) is 55.7 Å². The van der Waals surface area contributed by atoms with Crippen molar-refractivity contribution in [3.8, 4) is 50.5 Å². The van der Waals surface area contributed by atoms with Gasteiger partial charge in [0.1, 0.15) is 11.5 Å². The molecule has 10 aromatic carbocycles. The fraction of sp³-hybridized carbons (Fsp3) is 0. The number of pyridine rings is 1. The molecule has 62 heavy (non-hydrogen) atoms. The molecule has 0 spiro atoms. The zero-order valence-electron chi connectivity index (χ0n) is 33.6. The lowest BCUT2D eigenvalue weighted by molar-refractivity contribution is 1.10. The van der Waals surface area contributed by atoms with Crippen LogP contribution < -0.4 is 0 Å². The zero-order chi connectivity index (χ0) is 40.7. The predicted molar refractivity (Wildman–Crippen MR) is 259 cm³/mol. The molecule has 0 fully saturated rings. The maximum atomic E-state index is 5.14. The van der Waals surface area contributed by atoms with Crippen LogP contribution in [0.2, 0.25) is 0 Å². The average molecular weight is 789 g/mol. The SMILES string of the molecule is c1ccc(-n2c(-c3ccc(-c4c5ccccc5c(-c5ccc(-c6ccc7c8ccccc8c8nc9ccccc9n8c7c6)cc5)c5ccccc45)cc3)nc3ccccc32)cc1. The van der Waals surface area contributed by atoms with Gasteiger partial charge >= 0.3 is 0 Å². The third-order valence-corrected chi connectivity index (χ3v) is 12.7. The van der Waals surface area contributed by atoms with Gasteiger partial charge in [-0.25, -0.2) is 9.97 Å². The smallest absolute Gasteiger partial charge is 0.146 e. The summed E-state index contributed by atoms with van der Waals surface area (Å²) >= 11 is 0. The van der Waals surface area contributed by atoms with Crippen molar-refractivity contribution in [1.29, 1.82) is 0 Å². The quantitative estimate of drug-likeness (QED) is 0.129. The molecule has 0 unspecified atom stereocenters. The lowest BCUT2D eigenvalue weighted by atomic mass is 9.85. The molecule has 288 valence electrons. The molecule has 0 radical (unpaired) electrons. The zero-order valence-corrected chi connectivity index (χ0v) is 33.6. The highest BCUT2D eigenvalue weighted by atomic mass is 15.1. The van der Waals surface area contributed by atoms with Crippen molar-refractivity contribution < 1.29 is 0 Å². The molecule has 0 aliphatic carbocycles. The maximum Gasteiger partial charge on any atom is 0.146 e. The molecule has 0 bridgehead atoms. The van der Waals surface area contributed by atoms with Gasteiger partial charge in [-0.15, -0.1) is 0 Å². The summed E-state index contributed by atoms with van der Waals surface area (Å²) in [5.74, 6) is 0.929. The topological polar surface area (TPSA) is 35.1 Å². The molecular weight excluding hydrogens is 753 g/mol. The molecule has 0 saturated heterocycles. The number of hydrogen-bond donors (Lipinski definition) is 0. The van der Waals surface area contributed by atoms with Gasteiger partial charge in [0.2, 0.25) is 0 Å². The first kappa shape index (κ1) is 34.5. The van der Waals surface area contributed by atoms with Gasteiger partial charge in [-0.05, 0) is 103 Å². The van der Waals surface area contributed by atoms with Crippen molar-refractivity contribution in [2.24, 2.45) is 0 Å². The van der Waals surface area contributed by atoms with E-state index in [4.69, 9.17) is 9.97 Å². The maximum absolute atomic E-state index is 5.14. The first-order chi connectivity index (χ1) is 30.8. The normalized spacial score (nSPS) is 11.9. The minimum absolute atomic E-state index is 0.929. The van der Waals surface area contributed by atoms with E-state index >= 15 is 0 Å². The molecule has 3 aromatic heterocycles. The van der Waals surface area contributed by atoms with Crippen LogP contribution in [0.3, 0.4) is 0 Å². The second-order valence-electron chi connectivity index (χ2n) is 16.1. The van der Waals surface area contributed by atoms with E-state index < -0.39 is 0 Å². The Morgan fingerprint density at radius 2 is 0.758 bits per heavy atom. The van der Waals surface area contributed by atoms with E-state index in [-0.39, 0.29) is 0 Å². The summed E-state index contributed by atoms with van der Waals surface area (Å²) in [6.07, 6.45) is 0. The molecule has 0 N–H and O–H groups in total. The third-order valence-electron chi connectivity index (χ3n) is 12.7. The minimum Gasteiger partial charge on any atom is -0.292 e. The molecule has 0 aliphatic rings. The van der Waals surface area contributed by atoms with Gasteiger partial charge in [0, 0.05) is 22.0 Å². The van der Waals surface area contributed by atoms with Crippen LogP contribution >= 0.6 is 0 Å². The number of imidazole rings is 2. The van der Waals surface area contributed by atoms with Crippen LogP contribution in [0.5, 0.6) is 0 Å². The lowest BCUT2D eigenvalue weighted by Gasteiger charge is -2.18. The summed E-state index contributed by atoms with van der Waals surface area (Å²) in [4.78, 5) is 10.2. The van der Waals surface area contributed by atoms with Gasteiger partial charge in [-0.3, -0.25) is 8.97 Å². The Bertz CT molecular complexity index is 3840. The number of fused-ring (bicyclic) bond motifs is 11. The second-order valence-corrected chi connectivity index (χ2v) is 16.1. The molecule has 0 saturated carbocycles. The van der Waals surface area contributed by atoms with Crippen LogP contribution in [-0.2, 0) is 0 Å². The minimum atomic E-state index is 0.929. The number of rotatable bonds is 5. The van der Waals surface area contributed by atoms with E-state index in [1.54, 1.807) is 0 Å². The highest BCUT2D eigenvalue weighted by Crippen LogP contribution is 2.45. The summed E-state index contributed by atoms with van der Waals surface area (Å²) < 4.78 is 4.59. The van der Waals surface area contributed by atoms with Crippen molar-refractivity contribution in [3.63, 3.8) is 0 Å². The largest absolute Gasteiger partial charge is 0.292 e. The summed E-state index contributed by atoms with van der Waals surface area (Å²) in [5, 5.41) is 8.52. The number of benzene rings is 10. The molecule has 4 heteroatoms. The lowest BCUT2D eigenvalue weighted by Crippen LogP contribution is -1.97. The molecule has 0 aliphatic heterocycles. The number of nitrogens with zero attached hydrogens (tertiary/aromatic N) is 4. The van der Waals surface area contributed by atoms with Gasteiger partial charge in [0.05, 0.1) is 27.6 Å². The summed E-state index contributed by atoms with van der Waals surface area (Å²) in [6.45, 7) is 0. The van der Waals surface area contributed by atoms with Crippen molar-refractivity contribution in [2.45, 2.75) is 0 Å². The molecule has 3 heterocycles. The molecule has 0 amide bonds. The van der Waals surface area contributed by atoms with E-state index in [1.807, 2.05) is 0 Å². The third kappa shape index (κ3) is 5.20. The molecule has 4 nitrogen and oxygen atoms in total.